The van der Waals surface area contributed by atoms with Crippen LogP contribution in [0.4, 0.5) is 4.39 Å². The molecule has 1 atom stereocenters. The number of piperidine rings is 1. The molecule has 1 heterocycles. The largest absolute Gasteiger partial charge is 0.480 e. The van der Waals surface area contributed by atoms with Crippen LogP contribution < -0.4 is 5.32 Å². The summed E-state index contributed by atoms with van der Waals surface area (Å²) in [4.78, 5) is 25.0. The number of amides is 1. The van der Waals surface area contributed by atoms with Gasteiger partial charge < -0.3 is 10.4 Å². The molecule has 0 bridgehead atoms. The van der Waals surface area contributed by atoms with Crippen molar-refractivity contribution in [1.82, 2.24) is 10.2 Å². The Bertz CT molecular complexity index is 583. The molecule has 1 amide bonds. The van der Waals surface area contributed by atoms with Crippen LogP contribution in [0.25, 0.3) is 0 Å². The molecule has 23 heavy (non-hydrogen) atoms. The van der Waals surface area contributed by atoms with E-state index in [9.17, 15) is 14.0 Å². The first-order valence-electron chi connectivity index (χ1n) is 7.88. The maximum absolute atomic E-state index is 13.5. The van der Waals surface area contributed by atoms with Crippen LogP contribution in [0.1, 0.15) is 30.9 Å². The Morgan fingerprint density at radius 2 is 2.04 bits per heavy atom. The van der Waals surface area contributed by atoms with Crippen LogP contribution in [-0.2, 0) is 16.1 Å². The molecule has 0 aliphatic carbocycles. The number of carboxylic acids is 1. The highest BCUT2D eigenvalue weighted by Gasteiger charge is 2.29. The number of benzene rings is 1. The number of carboxylic acid groups (broad SMARTS) is 1. The predicted molar refractivity (Wildman–Crippen MR) is 84.4 cm³/mol. The predicted octanol–water partition coefficient (Wildman–Crippen LogP) is 1.94. The Morgan fingerprint density at radius 3 is 2.61 bits per heavy atom. The van der Waals surface area contributed by atoms with Gasteiger partial charge in [-0.2, -0.15) is 0 Å². The minimum Gasteiger partial charge on any atom is -0.480 e. The lowest BCUT2D eigenvalue weighted by molar-refractivity contribution is -0.143. The van der Waals surface area contributed by atoms with Crippen molar-refractivity contribution in [3.63, 3.8) is 0 Å². The molecule has 0 aromatic heterocycles. The Labute approximate surface area is 135 Å². The lowest BCUT2D eigenvalue weighted by Gasteiger charge is -2.33. The summed E-state index contributed by atoms with van der Waals surface area (Å²) in [6.07, 6.45) is 1.29. The average Bonchev–Trinajstić information content (AvgIpc) is 2.55. The van der Waals surface area contributed by atoms with Crippen LogP contribution >= 0.6 is 0 Å². The summed E-state index contributed by atoms with van der Waals surface area (Å²) in [7, 11) is 0. The minimum atomic E-state index is -0.839. The number of hydrogen-bond donors (Lipinski definition) is 2. The lowest BCUT2D eigenvalue weighted by Crippen LogP contribution is -2.46. The van der Waals surface area contributed by atoms with E-state index in [1.165, 1.54) is 6.07 Å². The zero-order valence-corrected chi connectivity index (χ0v) is 13.5. The number of halogens is 1. The maximum atomic E-state index is 13.5. The first kappa shape index (κ1) is 17.4. The number of carbonyl (C=O) groups excluding carboxylic acids is 1. The number of nitrogens with one attached hydrogen (secondary N) is 1. The van der Waals surface area contributed by atoms with E-state index in [2.05, 4.69) is 5.32 Å². The van der Waals surface area contributed by atoms with Gasteiger partial charge in [-0.15, -0.1) is 0 Å². The minimum absolute atomic E-state index is 0.0476. The Hall–Kier alpha value is -1.95. The molecular weight excluding hydrogens is 299 g/mol. The molecule has 1 aliphatic rings. The first-order chi connectivity index (χ1) is 10.9. The maximum Gasteiger partial charge on any atom is 0.320 e. The highest BCUT2D eigenvalue weighted by Crippen LogP contribution is 2.19. The highest BCUT2D eigenvalue weighted by atomic mass is 19.1. The van der Waals surface area contributed by atoms with Gasteiger partial charge in [0.2, 0.25) is 5.91 Å². The van der Waals surface area contributed by atoms with E-state index < -0.39 is 12.0 Å². The van der Waals surface area contributed by atoms with Gasteiger partial charge >= 0.3 is 5.97 Å². The Morgan fingerprint density at radius 1 is 1.39 bits per heavy atom. The van der Waals surface area contributed by atoms with E-state index in [1.807, 2.05) is 4.90 Å². The van der Waals surface area contributed by atoms with Crippen molar-refractivity contribution in [2.45, 2.75) is 39.3 Å². The van der Waals surface area contributed by atoms with Crippen molar-refractivity contribution in [2.24, 2.45) is 5.92 Å². The molecule has 5 nitrogen and oxygen atoms in total. The topological polar surface area (TPSA) is 69.6 Å². The van der Waals surface area contributed by atoms with Gasteiger partial charge in [0.1, 0.15) is 11.9 Å². The van der Waals surface area contributed by atoms with Crippen LogP contribution in [0.2, 0.25) is 0 Å². The normalized spacial score (nSPS) is 17.7. The third kappa shape index (κ3) is 4.51. The molecule has 1 aromatic carbocycles. The van der Waals surface area contributed by atoms with E-state index in [0.717, 1.165) is 5.56 Å². The molecule has 0 spiro atoms. The Balaban J connectivity index is 1.81. The van der Waals surface area contributed by atoms with E-state index >= 15 is 0 Å². The zero-order valence-electron chi connectivity index (χ0n) is 13.5. The number of aryl methyl sites for hydroxylation is 1. The van der Waals surface area contributed by atoms with Crippen molar-refractivity contribution >= 4 is 11.9 Å². The van der Waals surface area contributed by atoms with Gasteiger partial charge in [0.15, 0.2) is 0 Å². The van der Waals surface area contributed by atoms with E-state index in [4.69, 9.17) is 5.11 Å². The summed E-state index contributed by atoms with van der Waals surface area (Å²) in [6, 6.07) is 4.42. The van der Waals surface area contributed by atoms with Crippen molar-refractivity contribution in [2.75, 3.05) is 13.1 Å². The monoisotopic (exact) mass is 322 g/mol. The summed E-state index contributed by atoms with van der Waals surface area (Å²) in [5.74, 6) is -1.27. The number of aliphatic carboxylic acids is 1. The van der Waals surface area contributed by atoms with Gasteiger partial charge in [0.25, 0.3) is 0 Å². The number of carbonyl (C=O) groups is 2. The number of nitrogens with zero attached hydrogens (tertiary/aromatic N) is 1. The van der Waals surface area contributed by atoms with Crippen LogP contribution in [0, 0.1) is 18.7 Å². The summed E-state index contributed by atoms with van der Waals surface area (Å²) >= 11 is 0. The zero-order chi connectivity index (χ0) is 17.0. The van der Waals surface area contributed by atoms with E-state index in [1.54, 1.807) is 26.0 Å². The second-order valence-corrected chi connectivity index (χ2v) is 6.13. The second kappa shape index (κ2) is 7.55. The molecule has 2 rings (SSSR count). The Kier molecular flexibility index (Phi) is 5.71. The van der Waals surface area contributed by atoms with E-state index in [-0.39, 0.29) is 17.6 Å². The molecule has 2 N–H and O–H groups in total. The highest BCUT2D eigenvalue weighted by molar-refractivity contribution is 5.78. The fourth-order valence-corrected chi connectivity index (χ4v) is 2.78. The molecule has 1 saturated heterocycles. The molecule has 6 heteroatoms. The van der Waals surface area contributed by atoms with Crippen LogP contribution in [-0.4, -0.2) is 41.0 Å². The average molecular weight is 322 g/mol. The number of likely N-dealkylation sites (tertiary alicyclic amines) is 1. The molecular formula is C17H23FN2O3. The van der Waals surface area contributed by atoms with Gasteiger partial charge in [-0.25, -0.2) is 4.39 Å². The molecule has 0 saturated carbocycles. The molecule has 1 fully saturated rings. The second-order valence-electron chi connectivity index (χ2n) is 6.13. The van der Waals surface area contributed by atoms with E-state index in [0.29, 0.717) is 38.0 Å². The fraction of sp³-hybridized carbons (Fsp3) is 0.529. The third-order valence-electron chi connectivity index (χ3n) is 4.51. The fourth-order valence-electron chi connectivity index (χ4n) is 2.78. The van der Waals surface area contributed by atoms with Crippen LogP contribution in [0.5, 0.6) is 0 Å². The molecule has 1 unspecified atom stereocenters. The SMILES string of the molecule is Cc1ccc(CNC(=O)C2CCN(C(C)C(=O)O)CC2)cc1F. The molecule has 0 radical (unpaired) electrons. The smallest absolute Gasteiger partial charge is 0.320 e. The van der Waals surface area contributed by atoms with Crippen molar-refractivity contribution < 1.29 is 19.1 Å². The van der Waals surface area contributed by atoms with Crippen LogP contribution in [0.15, 0.2) is 18.2 Å². The van der Waals surface area contributed by atoms with Crippen molar-refractivity contribution in [3.05, 3.63) is 35.1 Å². The molecule has 1 aromatic rings. The number of rotatable bonds is 5. The standard InChI is InChI=1S/C17H23FN2O3/c1-11-3-4-13(9-15(11)18)10-19-16(21)14-5-7-20(8-6-14)12(2)17(22)23/h3-4,9,12,14H,5-8,10H2,1-2H3,(H,19,21)(H,22,23). The quantitative estimate of drug-likeness (QED) is 0.869. The lowest BCUT2D eigenvalue weighted by atomic mass is 9.95. The summed E-state index contributed by atoms with van der Waals surface area (Å²) in [5.41, 5.74) is 1.32. The van der Waals surface area contributed by atoms with Gasteiger partial charge in [0.05, 0.1) is 0 Å². The summed E-state index contributed by atoms with van der Waals surface area (Å²) in [5, 5.41) is 11.9. The first-order valence-corrected chi connectivity index (χ1v) is 7.88. The van der Waals surface area contributed by atoms with Gasteiger partial charge in [-0.05, 0) is 57.0 Å². The molecule has 126 valence electrons. The van der Waals surface area contributed by atoms with Gasteiger partial charge in [-0.3, -0.25) is 14.5 Å². The van der Waals surface area contributed by atoms with Crippen molar-refractivity contribution in [3.8, 4) is 0 Å². The van der Waals surface area contributed by atoms with Gasteiger partial charge in [-0.1, -0.05) is 12.1 Å². The summed E-state index contributed by atoms with van der Waals surface area (Å²) in [6.45, 7) is 4.87. The van der Waals surface area contributed by atoms with Crippen LogP contribution in [0.3, 0.4) is 0 Å². The summed E-state index contributed by atoms with van der Waals surface area (Å²) < 4.78 is 13.5. The molecule has 1 aliphatic heterocycles. The third-order valence-corrected chi connectivity index (χ3v) is 4.51. The van der Waals surface area contributed by atoms with Gasteiger partial charge in [0, 0.05) is 12.5 Å². The van der Waals surface area contributed by atoms with Crippen molar-refractivity contribution in [1.29, 1.82) is 0 Å². The number of hydrogen-bond acceptors (Lipinski definition) is 3.